The molecule has 90 valence electrons. The van der Waals surface area contributed by atoms with Crippen LogP contribution in [0.2, 0.25) is 0 Å². The Morgan fingerprint density at radius 3 is 2.73 bits per heavy atom. The van der Waals surface area contributed by atoms with Gasteiger partial charge in [0.2, 0.25) is 0 Å². The molecule has 0 saturated heterocycles. The van der Waals surface area contributed by atoms with Gasteiger partial charge in [0.05, 0.1) is 6.61 Å². The smallest absolute Gasteiger partial charge is 0.0591 e. The maximum Gasteiger partial charge on any atom is 0.0591 e. The van der Waals surface area contributed by atoms with Gasteiger partial charge in [0, 0.05) is 19.2 Å². The minimum atomic E-state index is 0.644. The third kappa shape index (κ3) is 6.16. The van der Waals surface area contributed by atoms with Crippen molar-refractivity contribution in [1.29, 1.82) is 0 Å². The maximum absolute atomic E-state index is 5.68. The van der Waals surface area contributed by atoms with Crippen LogP contribution in [0.25, 0.3) is 0 Å². The third-order valence-corrected chi connectivity index (χ3v) is 3.29. The van der Waals surface area contributed by atoms with Gasteiger partial charge in [-0.15, -0.1) is 0 Å². The van der Waals surface area contributed by atoms with E-state index in [2.05, 4.69) is 19.2 Å². The minimum absolute atomic E-state index is 0.644. The monoisotopic (exact) mass is 213 g/mol. The standard InChI is InChI=1S/C13H27NO/c1-3-6-12(2)14-9-10-15-11-13-7-4-5-8-13/h12-14H,3-11H2,1-2H3. The molecule has 0 bridgehead atoms. The summed E-state index contributed by atoms with van der Waals surface area (Å²) in [5, 5.41) is 3.48. The van der Waals surface area contributed by atoms with Crippen molar-refractivity contribution in [2.24, 2.45) is 5.92 Å². The summed E-state index contributed by atoms with van der Waals surface area (Å²) in [7, 11) is 0. The van der Waals surface area contributed by atoms with Crippen LogP contribution in [-0.4, -0.2) is 25.8 Å². The van der Waals surface area contributed by atoms with E-state index in [0.717, 1.165) is 25.7 Å². The van der Waals surface area contributed by atoms with Crippen molar-refractivity contribution in [2.45, 2.75) is 58.4 Å². The summed E-state index contributed by atoms with van der Waals surface area (Å²) in [5.41, 5.74) is 0. The molecule has 0 aromatic heterocycles. The second-order valence-corrected chi connectivity index (χ2v) is 4.87. The first-order valence-electron chi connectivity index (χ1n) is 6.64. The van der Waals surface area contributed by atoms with Crippen molar-refractivity contribution in [2.75, 3.05) is 19.8 Å². The van der Waals surface area contributed by atoms with Gasteiger partial charge < -0.3 is 10.1 Å². The van der Waals surface area contributed by atoms with Crippen LogP contribution in [-0.2, 0) is 4.74 Å². The van der Waals surface area contributed by atoms with Gasteiger partial charge in [-0.1, -0.05) is 26.2 Å². The Hall–Kier alpha value is -0.0800. The molecule has 0 amide bonds. The van der Waals surface area contributed by atoms with Crippen molar-refractivity contribution in [3.05, 3.63) is 0 Å². The molecular weight excluding hydrogens is 186 g/mol. The summed E-state index contributed by atoms with van der Waals surface area (Å²) in [6.07, 6.45) is 8.14. The van der Waals surface area contributed by atoms with Crippen LogP contribution in [0.15, 0.2) is 0 Å². The second kappa shape index (κ2) is 8.12. The number of hydrogen-bond donors (Lipinski definition) is 1. The fourth-order valence-corrected chi connectivity index (χ4v) is 2.34. The molecule has 0 aromatic rings. The molecule has 2 nitrogen and oxygen atoms in total. The van der Waals surface area contributed by atoms with Gasteiger partial charge >= 0.3 is 0 Å². The summed E-state index contributed by atoms with van der Waals surface area (Å²) in [5.74, 6) is 0.859. The van der Waals surface area contributed by atoms with Gasteiger partial charge in [-0.25, -0.2) is 0 Å². The summed E-state index contributed by atoms with van der Waals surface area (Å²) in [4.78, 5) is 0. The summed E-state index contributed by atoms with van der Waals surface area (Å²) in [6, 6.07) is 0.644. The Morgan fingerprint density at radius 2 is 2.07 bits per heavy atom. The molecule has 1 unspecified atom stereocenters. The fraction of sp³-hybridized carbons (Fsp3) is 1.00. The molecule has 1 fully saturated rings. The zero-order chi connectivity index (χ0) is 10.9. The first-order valence-corrected chi connectivity index (χ1v) is 6.64. The van der Waals surface area contributed by atoms with Crippen molar-refractivity contribution >= 4 is 0 Å². The van der Waals surface area contributed by atoms with Gasteiger partial charge in [0.1, 0.15) is 0 Å². The fourth-order valence-electron chi connectivity index (χ4n) is 2.34. The average Bonchev–Trinajstić information content (AvgIpc) is 2.70. The number of nitrogens with one attached hydrogen (secondary N) is 1. The van der Waals surface area contributed by atoms with Gasteiger partial charge in [-0.3, -0.25) is 0 Å². The summed E-state index contributed by atoms with van der Waals surface area (Å²) >= 11 is 0. The molecule has 0 radical (unpaired) electrons. The highest BCUT2D eigenvalue weighted by molar-refractivity contribution is 4.66. The Morgan fingerprint density at radius 1 is 1.33 bits per heavy atom. The highest BCUT2D eigenvalue weighted by Crippen LogP contribution is 2.24. The van der Waals surface area contributed by atoms with Gasteiger partial charge in [0.15, 0.2) is 0 Å². The zero-order valence-electron chi connectivity index (χ0n) is 10.4. The molecule has 1 N–H and O–H groups in total. The number of rotatable bonds is 8. The Kier molecular flexibility index (Phi) is 7.03. The highest BCUT2D eigenvalue weighted by atomic mass is 16.5. The van der Waals surface area contributed by atoms with Crippen LogP contribution in [0.5, 0.6) is 0 Å². The van der Waals surface area contributed by atoms with Crippen LogP contribution in [0.4, 0.5) is 0 Å². The minimum Gasteiger partial charge on any atom is -0.380 e. The van der Waals surface area contributed by atoms with E-state index >= 15 is 0 Å². The Balaban J connectivity index is 1.84. The molecule has 15 heavy (non-hydrogen) atoms. The van der Waals surface area contributed by atoms with Crippen LogP contribution in [0.3, 0.4) is 0 Å². The zero-order valence-corrected chi connectivity index (χ0v) is 10.4. The normalized spacial score (nSPS) is 19.6. The molecular formula is C13H27NO. The quantitative estimate of drug-likeness (QED) is 0.626. The highest BCUT2D eigenvalue weighted by Gasteiger charge is 2.14. The van der Waals surface area contributed by atoms with E-state index in [1.165, 1.54) is 38.5 Å². The lowest BCUT2D eigenvalue weighted by Gasteiger charge is -2.14. The Labute approximate surface area is 94.8 Å². The molecule has 1 rings (SSSR count). The van der Waals surface area contributed by atoms with E-state index in [9.17, 15) is 0 Å². The Bertz CT molecular complexity index is 143. The van der Waals surface area contributed by atoms with Crippen molar-refractivity contribution in [3.8, 4) is 0 Å². The average molecular weight is 213 g/mol. The summed E-state index contributed by atoms with van der Waals surface area (Å²) < 4.78 is 5.68. The van der Waals surface area contributed by atoms with Crippen molar-refractivity contribution in [1.82, 2.24) is 5.32 Å². The molecule has 1 aliphatic rings. The molecule has 0 heterocycles. The second-order valence-electron chi connectivity index (χ2n) is 4.87. The van der Waals surface area contributed by atoms with Crippen LogP contribution in [0, 0.1) is 5.92 Å². The van der Waals surface area contributed by atoms with Crippen LogP contribution >= 0.6 is 0 Å². The molecule has 0 aromatic carbocycles. The van der Waals surface area contributed by atoms with Crippen LogP contribution < -0.4 is 5.32 Å². The molecule has 0 aliphatic heterocycles. The lowest BCUT2D eigenvalue weighted by atomic mass is 10.1. The molecule has 1 atom stereocenters. The maximum atomic E-state index is 5.68. The molecule has 1 saturated carbocycles. The van der Waals surface area contributed by atoms with E-state index < -0.39 is 0 Å². The first-order chi connectivity index (χ1) is 7.33. The topological polar surface area (TPSA) is 21.3 Å². The molecule has 2 heteroatoms. The SMILES string of the molecule is CCCC(C)NCCOCC1CCCC1. The van der Waals surface area contributed by atoms with E-state index in [0.29, 0.717) is 6.04 Å². The molecule has 1 aliphatic carbocycles. The molecule has 0 spiro atoms. The van der Waals surface area contributed by atoms with E-state index in [4.69, 9.17) is 4.74 Å². The predicted molar refractivity (Wildman–Crippen MR) is 65.1 cm³/mol. The lowest BCUT2D eigenvalue weighted by molar-refractivity contribution is 0.101. The van der Waals surface area contributed by atoms with Gasteiger partial charge in [-0.2, -0.15) is 0 Å². The first kappa shape index (κ1) is 13.0. The van der Waals surface area contributed by atoms with E-state index in [1.807, 2.05) is 0 Å². The van der Waals surface area contributed by atoms with Crippen molar-refractivity contribution in [3.63, 3.8) is 0 Å². The van der Waals surface area contributed by atoms with Gasteiger partial charge in [-0.05, 0) is 32.1 Å². The largest absolute Gasteiger partial charge is 0.380 e. The van der Waals surface area contributed by atoms with Crippen molar-refractivity contribution < 1.29 is 4.74 Å². The van der Waals surface area contributed by atoms with Crippen LogP contribution in [0.1, 0.15) is 52.4 Å². The van der Waals surface area contributed by atoms with E-state index in [-0.39, 0.29) is 0 Å². The summed E-state index contributed by atoms with van der Waals surface area (Å²) in [6.45, 7) is 7.36. The number of ether oxygens (including phenoxy) is 1. The predicted octanol–water partition coefficient (Wildman–Crippen LogP) is 2.97. The number of hydrogen-bond acceptors (Lipinski definition) is 2. The lowest BCUT2D eigenvalue weighted by Crippen LogP contribution is -2.29. The van der Waals surface area contributed by atoms with E-state index in [1.54, 1.807) is 0 Å². The third-order valence-electron chi connectivity index (χ3n) is 3.29. The van der Waals surface area contributed by atoms with Gasteiger partial charge in [0.25, 0.3) is 0 Å².